The summed E-state index contributed by atoms with van der Waals surface area (Å²) < 4.78 is 0. The molecule has 0 aromatic heterocycles. The van der Waals surface area contributed by atoms with Crippen LogP contribution in [0.15, 0.2) is 34.9 Å². The van der Waals surface area contributed by atoms with Crippen molar-refractivity contribution in [3.05, 3.63) is 34.9 Å². The van der Waals surface area contributed by atoms with Crippen LogP contribution < -0.4 is 0 Å². The van der Waals surface area contributed by atoms with Gasteiger partial charge in [0.1, 0.15) is 17.0 Å². The SMILES string of the molecule is CC1=CC(=O)CC(C)(C)C1(O)C=C/C1=C(\C(=O)O)C(=O)CC(C)CC(=O)C1. The average Bonchev–Trinajstić information content (AvgIpc) is 2.47. The van der Waals surface area contributed by atoms with Gasteiger partial charge in [-0.15, -0.1) is 0 Å². The van der Waals surface area contributed by atoms with Gasteiger partial charge in [0.15, 0.2) is 11.6 Å². The molecule has 0 aromatic carbocycles. The lowest BCUT2D eigenvalue weighted by Gasteiger charge is -2.44. The standard InChI is InChI=1S/C21H26O6/c1-12-7-15(22)10-14(18(19(25)26)17(24)8-12)5-6-21(27)13(2)9-16(23)11-20(21,3)4/h5-6,9,12,27H,7-8,10-11H2,1-4H3,(H,25,26)/b6-5?,18-14+. The van der Waals surface area contributed by atoms with Crippen molar-refractivity contribution in [1.29, 1.82) is 0 Å². The summed E-state index contributed by atoms with van der Waals surface area (Å²) in [4.78, 5) is 48.1. The Bertz CT molecular complexity index is 795. The van der Waals surface area contributed by atoms with Gasteiger partial charge in [-0.3, -0.25) is 14.4 Å². The highest BCUT2D eigenvalue weighted by Gasteiger charge is 2.46. The van der Waals surface area contributed by atoms with E-state index < -0.39 is 28.3 Å². The van der Waals surface area contributed by atoms with Gasteiger partial charge in [-0.25, -0.2) is 4.79 Å². The molecule has 6 heteroatoms. The number of hydrogen-bond acceptors (Lipinski definition) is 5. The van der Waals surface area contributed by atoms with Gasteiger partial charge in [0, 0.05) is 31.1 Å². The molecule has 2 rings (SSSR count). The highest BCUT2D eigenvalue weighted by Crippen LogP contribution is 2.44. The first-order valence-electron chi connectivity index (χ1n) is 9.02. The number of carboxylic acid groups (broad SMARTS) is 1. The highest BCUT2D eigenvalue weighted by atomic mass is 16.4. The summed E-state index contributed by atoms with van der Waals surface area (Å²) in [5.41, 5.74) is -2.17. The minimum absolute atomic E-state index is 0.00605. The molecule has 0 aromatic rings. The quantitative estimate of drug-likeness (QED) is 0.735. The van der Waals surface area contributed by atoms with E-state index in [1.54, 1.807) is 27.7 Å². The van der Waals surface area contributed by atoms with Gasteiger partial charge in [-0.05, 0) is 36.1 Å². The zero-order valence-corrected chi connectivity index (χ0v) is 16.2. The maximum absolute atomic E-state index is 12.4. The molecule has 0 saturated carbocycles. The number of hydrogen-bond donors (Lipinski definition) is 2. The van der Waals surface area contributed by atoms with Gasteiger partial charge in [-0.2, -0.15) is 0 Å². The van der Waals surface area contributed by atoms with E-state index in [1.165, 1.54) is 18.2 Å². The molecule has 0 radical (unpaired) electrons. The van der Waals surface area contributed by atoms with Crippen LogP contribution in [0.1, 0.15) is 53.4 Å². The first kappa shape index (κ1) is 21.0. The molecular formula is C21H26O6. The molecular weight excluding hydrogens is 348 g/mol. The molecule has 2 unspecified atom stereocenters. The number of ketones is 3. The minimum Gasteiger partial charge on any atom is -0.478 e. The zero-order valence-electron chi connectivity index (χ0n) is 16.2. The Balaban J connectivity index is 2.55. The third-order valence-corrected chi connectivity index (χ3v) is 5.46. The van der Waals surface area contributed by atoms with Crippen LogP contribution in [0.2, 0.25) is 0 Å². The van der Waals surface area contributed by atoms with E-state index in [1.807, 2.05) is 0 Å². The van der Waals surface area contributed by atoms with Crippen molar-refractivity contribution in [3.63, 3.8) is 0 Å². The summed E-state index contributed by atoms with van der Waals surface area (Å²) in [7, 11) is 0. The molecule has 2 aliphatic rings. The number of rotatable bonds is 3. The fourth-order valence-electron chi connectivity index (χ4n) is 3.92. The summed E-state index contributed by atoms with van der Waals surface area (Å²) in [6, 6.07) is 0. The maximum atomic E-state index is 12.4. The van der Waals surface area contributed by atoms with Crippen LogP contribution in [0.3, 0.4) is 0 Å². The molecule has 146 valence electrons. The summed E-state index contributed by atoms with van der Waals surface area (Å²) in [5.74, 6) is -2.34. The van der Waals surface area contributed by atoms with Crippen LogP contribution >= 0.6 is 0 Å². The normalized spacial score (nSPS) is 32.3. The van der Waals surface area contributed by atoms with Crippen LogP contribution in [0.5, 0.6) is 0 Å². The molecule has 0 saturated heterocycles. The molecule has 0 heterocycles. The molecule has 0 spiro atoms. The van der Waals surface area contributed by atoms with Crippen molar-refractivity contribution in [1.82, 2.24) is 0 Å². The van der Waals surface area contributed by atoms with Crippen LogP contribution in [0, 0.1) is 11.3 Å². The van der Waals surface area contributed by atoms with E-state index in [0.29, 0.717) is 5.57 Å². The average molecular weight is 374 g/mol. The Kier molecular flexibility index (Phi) is 5.71. The van der Waals surface area contributed by atoms with E-state index in [-0.39, 0.29) is 48.7 Å². The molecule has 2 aliphatic carbocycles. The topological polar surface area (TPSA) is 109 Å². The van der Waals surface area contributed by atoms with E-state index in [9.17, 15) is 29.4 Å². The van der Waals surface area contributed by atoms with Crippen LogP contribution in [0.4, 0.5) is 0 Å². The van der Waals surface area contributed by atoms with Crippen molar-refractivity contribution in [2.24, 2.45) is 11.3 Å². The number of carbonyl (C=O) groups excluding carboxylic acids is 3. The molecule has 0 fully saturated rings. The van der Waals surface area contributed by atoms with Gasteiger partial charge in [-0.1, -0.05) is 26.8 Å². The van der Waals surface area contributed by atoms with Crippen molar-refractivity contribution >= 4 is 23.3 Å². The largest absolute Gasteiger partial charge is 0.478 e. The van der Waals surface area contributed by atoms with Crippen LogP contribution in [-0.2, 0) is 19.2 Å². The van der Waals surface area contributed by atoms with E-state index in [2.05, 4.69) is 0 Å². The number of carboxylic acids is 1. The molecule has 2 atom stereocenters. The summed E-state index contributed by atoms with van der Waals surface area (Å²) in [6.07, 6.45) is 4.31. The summed E-state index contributed by atoms with van der Waals surface area (Å²) >= 11 is 0. The lowest BCUT2D eigenvalue weighted by Crippen LogP contribution is -2.48. The smallest absolute Gasteiger partial charge is 0.339 e. The monoisotopic (exact) mass is 374 g/mol. The molecule has 0 aliphatic heterocycles. The molecule has 27 heavy (non-hydrogen) atoms. The third kappa shape index (κ3) is 4.16. The second-order valence-corrected chi connectivity index (χ2v) is 8.31. The lowest BCUT2D eigenvalue weighted by atomic mass is 9.64. The van der Waals surface area contributed by atoms with Gasteiger partial charge < -0.3 is 10.2 Å². The van der Waals surface area contributed by atoms with Crippen LogP contribution in [0.25, 0.3) is 0 Å². The van der Waals surface area contributed by atoms with E-state index in [0.717, 1.165) is 0 Å². The lowest BCUT2D eigenvalue weighted by molar-refractivity contribution is -0.135. The minimum atomic E-state index is -1.49. The molecule has 0 bridgehead atoms. The number of carbonyl (C=O) groups is 4. The van der Waals surface area contributed by atoms with E-state index in [4.69, 9.17) is 0 Å². The van der Waals surface area contributed by atoms with E-state index >= 15 is 0 Å². The number of Topliss-reactive ketones (excluding diaryl/α,β-unsaturated/α-hetero) is 2. The molecule has 2 N–H and O–H groups in total. The molecule has 0 amide bonds. The molecule has 6 nitrogen and oxygen atoms in total. The summed E-state index contributed by atoms with van der Waals surface area (Å²) in [6.45, 7) is 6.86. The Morgan fingerprint density at radius 3 is 2.41 bits per heavy atom. The fraction of sp³-hybridized carbons (Fsp3) is 0.524. The van der Waals surface area contributed by atoms with Crippen molar-refractivity contribution in [2.45, 2.75) is 59.0 Å². The Labute approximate surface area is 158 Å². The first-order chi connectivity index (χ1) is 12.4. The highest BCUT2D eigenvalue weighted by molar-refractivity contribution is 6.18. The zero-order chi connectivity index (χ0) is 20.6. The second-order valence-electron chi connectivity index (χ2n) is 8.31. The number of allylic oxidation sites excluding steroid dienone is 3. The first-order valence-corrected chi connectivity index (χ1v) is 9.02. The fourth-order valence-corrected chi connectivity index (χ4v) is 3.92. The van der Waals surface area contributed by atoms with Crippen molar-refractivity contribution in [2.75, 3.05) is 0 Å². The van der Waals surface area contributed by atoms with Gasteiger partial charge in [0.2, 0.25) is 0 Å². The second kappa shape index (κ2) is 7.35. The Hall–Kier alpha value is -2.34. The summed E-state index contributed by atoms with van der Waals surface area (Å²) in [5, 5.41) is 20.7. The van der Waals surface area contributed by atoms with Gasteiger partial charge in [0.05, 0.1) is 0 Å². The predicted octanol–water partition coefficient (Wildman–Crippen LogP) is 2.56. The number of aliphatic hydroxyl groups is 1. The Morgan fingerprint density at radius 1 is 1.22 bits per heavy atom. The van der Waals surface area contributed by atoms with Gasteiger partial charge in [0.25, 0.3) is 0 Å². The maximum Gasteiger partial charge on any atom is 0.339 e. The predicted molar refractivity (Wildman–Crippen MR) is 98.9 cm³/mol. The Morgan fingerprint density at radius 2 is 1.85 bits per heavy atom. The van der Waals surface area contributed by atoms with Crippen molar-refractivity contribution in [3.8, 4) is 0 Å². The van der Waals surface area contributed by atoms with Crippen LogP contribution in [-0.4, -0.2) is 39.1 Å². The third-order valence-electron chi connectivity index (χ3n) is 5.46. The van der Waals surface area contributed by atoms with Gasteiger partial charge >= 0.3 is 5.97 Å². The van der Waals surface area contributed by atoms with Crippen molar-refractivity contribution < 1.29 is 29.4 Å². The number of aliphatic carboxylic acids is 1.